The number of thioether (sulfide) groups is 1. The Morgan fingerprint density at radius 2 is 2.21 bits per heavy atom. The van der Waals surface area contributed by atoms with Crippen LogP contribution in [0.1, 0.15) is 15.9 Å². The molecular weight excluding hydrogens is 200 g/mol. The van der Waals surface area contributed by atoms with Crippen LogP contribution in [-0.4, -0.2) is 28.5 Å². The maximum atomic E-state index is 10.6. The molecule has 0 unspecified atom stereocenters. The number of aryl methyl sites for hydroxylation is 1. The normalized spacial score (nSPS) is 10.1. The number of rotatable bonds is 4. The van der Waals surface area contributed by atoms with Crippen molar-refractivity contribution in [2.45, 2.75) is 11.8 Å². The van der Waals surface area contributed by atoms with Crippen molar-refractivity contribution >= 4 is 17.7 Å². The third kappa shape index (κ3) is 2.75. The van der Waals surface area contributed by atoms with E-state index in [1.165, 1.54) is 11.8 Å². The number of hydrogen-bond donors (Lipinski definition) is 2. The first-order valence-electron chi connectivity index (χ1n) is 4.22. The second-order valence-corrected chi connectivity index (χ2v) is 3.99. The summed E-state index contributed by atoms with van der Waals surface area (Å²) in [6, 6.07) is 5.00. The molecule has 4 heteroatoms. The second kappa shape index (κ2) is 5.02. The van der Waals surface area contributed by atoms with Crippen LogP contribution in [0.25, 0.3) is 0 Å². The molecule has 0 aromatic heterocycles. The summed E-state index contributed by atoms with van der Waals surface area (Å²) in [4.78, 5) is 11.6. The molecule has 1 rings (SSSR count). The minimum Gasteiger partial charge on any atom is -0.478 e. The molecule has 3 nitrogen and oxygen atoms in total. The van der Waals surface area contributed by atoms with Gasteiger partial charge in [-0.2, -0.15) is 0 Å². The van der Waals surface area contributed by atoms with Gasteiger partial charge in [0, 0.05) is 10.6 Å². The van der Waals surface area contributed by atoms with Crippen molar-refractivity contribution < 1.29 is 15.0 Å². The summed E-state index contributed by atoms with van der Waals surface area (Å²) in [5.41, 5.74) is 1.24. The van der Waals surface area contributed by atoms with Crippen LogP contribution >= 0.6 is 11.8 Å². The van der Waals surface area contributed by atoms with Gasteiger partial charge in [0.05, 0.1) is 12.2 Å². The zero-order chi connectivity index (χ0) is 10.6. The predicted molar refractivity (Wildman–Crippen MR) is 55.9 cm³/mol. The van der Waals surface area contributed by atoms with Crippen LogP contribution in [0.4, 0.5) is 0 Å². The Kier molecular flexibility index (Phi) is 3.98. The van der Waals surface area contributed by atoms with E-state index < -0.39 is 5.97 Å². The lowest BCUT2D eigenvalue weighted by atomic mass is 10.1. The van der Waals surface area contributed by atoms with Crippen molar-refractivity contribution in [2.75, 3.05) is 12.4 Å². The number of aliphatic hydroxyl groups is 1. The SMILES string of the molecule is Cc1cc(C(=O)O)ccc1SCCO. The molecule has 0 aliphatic heterocycles. The van der Waals surface area contributed by atoms with Crippen LogP contribution in [0.2, 0.25) is 0 Å². The van der Waals surface area contributed by atoms with Gasteiger partial charge in [0.2, 0.25) is 0 Å². The number of carboxylic acid groups (broad SMARTS) is 1. The molecule has 0 radical (unpaired) electrons. The molecule has 2 N–H and O–H groups in total. The molecule has 0 heterocycles. The van der Waals surface area contributed by atoms with E-state index in [4.69, 9.17) is 10.2 Å². The summed E-state index contributed by atoms with van der Waals surface area (Å²) in [5, 5.41) is 17.4. The van der Waals surface area contributed by atoms with Crippen LogP contribution in [0.3, 0.4) is 0 Å². The van der Waals surface area contributed by atoms with Crippen molar-refractivity contribution in [3.05, 3.63) is 29.3 Å². The number of aromatic carboxylic acids is 1. The molecule has 0 saturated carbocycles. The fraction of sp³-hybridized carbons (Fsp3) is 0.300. The van der Waals surface area contributed by atoms with Gasteiger partial charge in [-0.15, -0.1) is 11.8 Å². The van der Waals surface area contributed by atoms with Gasteiger partial charge in [-0.1, -0.05) is 0 Å². The molecule has 76 valence electrons. The van der Waals surface area contributed by atoms with Crippen molar-refractivity contribution in [1.82, 2.24) is 0 Å². The summed E-state index contributed by atoms with van der Waals surface area (Å²) >= 11 is 1.52. The summed E-state index contributed by atoms with van der Waals surface area (Å²) in [6.07, 6.45) is 0. The lowest BCUT2D eigenvalue weighted by Gasteiger charge is -2.04. The van der Waals surface area contributed by atoms with Gasteiger partial charge in [-0.3, -0.25) is 0 Å². The largest absolute Gasteiger partial charge is 0.478 e. The maximum Gasteiger partial charge on any atom is 0.335 e. The van der Waals surface area contributed by atoms with E-state index in [0.29, 0.717) is 11.3 Å². The molecule has 0 aliphatic rings. The Labute approximate surface area is 86.8 Å². The van der Waals surface area contributed by atoms with E-state index in [2.05, 4.69) is 0 Å². The van der Waals surface area contributed by atoms with E-state index in [-0.39, 0.29) is 6.61 Å². The highest BCUT2D eigenvalue weighted by Crippen LogP contribution is 2.22. The molecular formula is C10H12O3S. The molecule has 0 atom stereocenters. The Hall–Kier alpha value is -1.000. The summed E-state index contributed by atoms with van der Waals surface area (Å²) in [7, 11) is 0. The standard InChI is InChI=1S/C10H12O3S/c1-7-6-8(10(12)13)2-3-9(7)14-5-4-11/h2-3,6,11H,4-5H2,1H3,(H,12,13). The number of hydrogen-bond acceptors (Lipinski definition) is 3. The first-order valence-corrected chi connectivity index (χ1v) is 5.21. The number of carbonyl (C=O) groups is 1. The molecule has 0 spiro atoms. The molecule has 0 bridgehead atoms. The average Bonchev–Trinajstić information content (AvgIpc) is 2.15. The predicted octanol–water partition coefficient (Wildman–Crippen LogP) is 1.78. The average molecular weight is 212 g/mol. The molecule has 0 fully saturated rings. The van der Waals surface area contributed by atoms with Crippen molar-refractivity contribution in [2.24, 2.45) is 0 Å². The molecule has 0 amide bonds. The van der Waals surface area contributed by atoms with Gasteiger partial charge in [-0.05, 0) is 30.7 Å². The monoisotopic (exact) mass is 212 g/mol. The Bertz CT molecular complexity index is 336. The Balaban J connectivity index is 2.84. The van der Waals surface area contributed by atoms with Crippen molar-refractivity contribution in [3.8, 4) is 0 Å². The molecule has 0 aliphatic carbocycles. The number of carboxylic acids is 1. The third-order valence-corrected chi connectivity index (χ3v) is 2.93. The summed E-state index contributed by atoms with van der Waals surface area (Å²) < 4.78 is 0. The van der Waals surface area contributed by atoms with Crippen LogP contribution in [0.5, 0.6) is 0 Å². The smallest absolute Gasteiger partial charge is 0.335 e. The zero-order valence-corrected chi connectivity index (χ0v) is 8.67. The fourth-order valence-corrected chi connectivity index (χ4v) is 1.86. The molecule has 0 saturated heterocycles. The summed E-state index contributed by atoms with van der Waals surface area (Å²) in [5.74, 6) is -0.278. The first-order chi connectivity index (χ1) is 6.65. The van der Waals surface area contributed by atoms with Crippen LogP contribution < -0.4 is 0 Å². The fourth-order valence-electron chi connectivity index (χ4n) is 1.10. The van der Waals surface area contributed by atoms with Gasteiger partial charge < -0.3 is 10.2 Å². The van der Waals surface area contributed by atoms with Gasteiger partial charge in [0.25, 0.3) is 0 Å². The highest BCUT2D eigenvalue weighted by atomic mass is 32.2. The molecule has 14 heavy (non-hydrogen) atoms. The lowest BCUT2D eigenvalue weighted by Crippen LogP contribution is -1.97. The van der Waals surface area contributed by atoms with E-state index in [9.17, 15) is 4.79 Å². The quantitative estimate of drug-likeness (QED) is 0.747. The van der Waals surface area contributed by atoms with Crippen LogP contribution in [0, 0.1) is 6.92 Å². The highest BCUT2D eigenvalue weighted by Gasteiger charge is 2.05. The molecule has 1 aromatic carbocycles. The Morgan fingerprint density at radius 1 is 1.50 bits per heavy atom. The third-order valence-electron chi connectivity index (χ3n) is 1.77. The van der Waals surface area contributed by atoms with E-state index in [1.807, 2.05) is 6.92 Å². The van der Waals surface area contributed by atoms with Crippen molar-refractivity contribution in [3.63, 3.8) is 0 Å². The van der Waals surface area contributed by atoms with E-state index in [0.717, 1.165) is 10.5 Å². The minimum absolute atomic E-state index is 0.130. The second-order valence-electron chi connectivity index (χ2n) is 2.86. The molecule has 1 aromatic rings. The highest BCUT2D eigenvalue weighted by molar-refractivity contribution is 7.99. The van der Waals surface area contributed by atoms with Crippen LogP contribution in [-0.2, 0) is 0 Å². The maximum absolute atomic E-state index is 10.6. The lowest BCUT2D eigenvalue weighted by molar-refractivity contribution is 0.0696. The van der Waals surface area contributed by atoms with Gasteiger partial charge >= 0.3 is 5.97 Å². The van der Waals surface area contributed by atoms with Gasteiger partial charge in [-0.25, -0.2) is 4.79 Å². The van der Waals surface area contributed by atoms with E-state index in [1.54, 1.807) is 18.2 Å². The Morgan fingerprint density at radius 3 is 2.71 bits per heavy atom. The van der Waals surface area contributed by atoms with Crippen molar-refractivity contribution in [1.29, 1.82) is 0 Å². The minimum atomic E-state index is -0.910. The number of aliphatic hydroxyl groups excluding tert-OH is 1. The topological polar surface area (TPSA) is 57.5 Å². The summed E-state index contributed by atoms with van der Waals surface area (Å²) in [6.45, 7) is 2.00. The van der Waals surface area contributed by atoms with Crippen LogP contribution in [0.15, 0.2) is 23.1 Å². The van der Waals surface area contributed by atoms with Gasteiger partial charge in [0.15, 0.2) is 0 Å². The van der Waals surface area contributed by atoms with E-state index >= 15 is 0 Å². The first kappa shape index (κ1) is 11.1. The zero-order valence-electron chi connectivity index (χ0n) is 7.86. The number of benzene rings is 1. The van der Waals surface area contributed by atoms with Gasteiger partial charge in [0.1, 0.15) is 0 Å².